The van der Waals surface area contributed by atoms with Gasteiger partial charge in [0.2, 0.25) is 0 Å². The van der Waals surface area contributed by atoms with E-state index in [1.807, 2.05) is 0 Å². The molecule has 1 saturated heterocycles. The van der Waals surface area contributed by atoms with Crippen molar-refractivity contribution in [3.63, 3.8) is 0 Å². The highest BCUT2D eigenvalue weighted by Gasteiger charge is 2.10. The lowest BCUT2D eigenvalue weighted by Gasteiger charge is -2.26. The van der Waals surface area contributed by atoms with Crippen molar-refractivity contribution in [2.75, 3.05) is 33.4 Å². The third-order valence-corrected chi connectivity index (χ3v) is 4.67. The van der Waals surface area contributed by atoms with E-state index in [0.29, 0.717) is 12.5 Å². The van der Waals surface area contributed by atoms with Crippen LogP contribution in [0.2, 0.25) is 0 Å². The summed E-state index contributed by atoms with van der Waals surface area (Å²) in [5.41, 5.74) is 2.65. The number of nitrogens with zero attached hydrogens (tertiary/aromatic N) is 2. The van der Waals surface area contributed by atoms with Crippen LogP contribution in [0.3, 0.4) is 0 Å². The molecule has 1 aliphatic heterocycles. The number of hydrogen-bond acceptors (Lipinski definition) is 3. The Balaban J connectivity index is 0.00000300. The van der Waals surface area contributed by atoms with Crippen molar-refractivity contribution in [1.82, 2.24) is 15.5 Å². The molecule has 0 radical (unpaired) electrons. The van der Waals surface area contributed by atoms with E-state index in [1.165, 1.54) is 11.6 Å². The van der Waals surface area contributed by atoms with E-state index in [2.05, 4.69) is 44.8 Å². The van der Waals surface area contributed by atoms with E-state index in [4.69, 9.17) is 4.74 Å². The SMILES string of the molecule is CN=C(NCc1ccc(CN2CCOCC2)cc1)NCc1cc(F)ccc1F.I. The second-order valence-electron chi connectivity index (χ2n) is 6.72. The van der Waals surface area contributed by atoms with Crippen molar-refractivity contribution in [2.45, 2.75) is 19.6 Å². The Bertz CT molecular complexity index is 796. The summed E-state index contributed by atoms with van der Waals surface area (Å²) in [6, 6.07) is 11.8. The highest BCUT2D eigenvalue weighted by Crippen LogP contribution is 2.10. The minimum Gasteiger partial charge on any atom is -0.379 e. The molecule has 0 atom stereocenters. The summed E-state index contributed by atoms with van der Waals surface area (Å²) >= 11 is 0. The van der Waals surface area contributed by atoms with E-state index in [0.717, 1.165) is 50.5 Å². The summed E-state index contributed by atoms with van der Waals surface area (Å²) < 4.78 is 32.3. The fraction of sp³-hybridized carbons (Fsp3) is 0.381. The lowest BCUT2D eigenvalue weighted by atomic mass is 10.1. The summed E-state index contributed by atoms with van der Waals surface area (Å²) in [6.45, 7) is 5.21. The summed E-state index contributed by atoms with van der Waals surface area (Å²) in [4.78, 5) is 6.51. The number of aliphatic imine (C=N–C) groups is 1. The highest BCUT2D eigenvalue weighted by atomic mass is 127. The van der Waals surface area contributed by atoms with Gasteiger partial charge in [0.05, 0.1) is 13.2 Å². The average molecular weight is 516 g/mol. The molecular weight excluding hydrogens is 489 g/mol. The molecule has 8 heteroatoms. The van der Waals surface area contributed by atoms with Crippen LogP contribution in [0.5, 0.6) is 0 Å². The van der Waals surface area contributed by atoms with Crippen LogP contribution >= 0.6 is 24.0 Å². The zero-order valence-electron chi connectivity index (χ0n) is 16.5. The summed E-state index contributed by atoms with van der Waals surface area (Å²) in [5, 5.41) is 6.19. The maximum absolute atomic E-state index is 13.7. The first-order valence-corrected chi connectivity index (χ1v) is 9.40. The number of benzene rings is 2. The van der Waals surface area contributed by atoms with Gasteiger partial charge in [0.25, 0.3) is 0 Å². The molecule has 2 aromatic carbocycles. The molecule has 1 aliphatic rings. The van der Waals surface area contributed by atoms with Gasteiger partial charge < -0.3 is 15.4 Å². The Kier molecular flexibility index (Phi) is 9.75. The molecule has 1 fully saturated rings. The van der Waals surface area contributed by atoms with Gasteiger partial charge in [0, 0.05) is 45.3 Å². The van der Waals surface area contributed by atoms with Crippen molar-refractivity contribution >= 4 is 29.9 Å². The number of morpholine rings is 1. The molecule has 3 rings (SSSR count). The number of halogens is 3. The Morgan fingerprint density at radius 3 is 2.34 bits per heavy atom. The highest BCUT2D eigenvalue weighted by molar-refractivity contribution is 14.0. The monoisotopic (exact) mass is 516 g/mol. The van der Waals surface area contributed by atoms with Gasteiger partial charge in [-0.25, -0.2) is 8.78 Å². The fourth-order valence-electron chi connectivity index (χ4n) is 3.04. The van der Waals surface area contributed by atoms with Gasteiger partial charge >= 0.3 is 0 Å². The van der Waals surface area contributed by atoms with Crippen LogP contribution in [0.1, 0.15) is 16.7 Å². The maximum Gasteiger partial charge on any atom is 0.191 e. The van der Waals surface area contributed by atoms with Crippen molar-refractivity contribution in [3.05, 3.63) is 70.8 Å². The summed E-state index contributed by atoms with van der Waals surface area (Å²) in [7, 11) is 1.64. The number of hydrogen-bond donors (Lipinski definition) is 2. The van der Waals surface area contributed by atoms with Gasteiger partial charge in [-0.3, -0.25) is 9.89 Å². The Morgan fingerprint density at radius 2 is 1.66 bits per heavy atom. The topological polar surface area (TPSA) is 48.9 Å². The second kappa shape index (κ2) is 12.0. The van der Waals surface area contributed by atoms with Gasteiger partial charge in [-0.2, -0.15) is 0 Å². The van der Waals surface area contributed by atoms with Crippen LogP contribution in [0.15, 0.2) is 47.5 Å². The van der Waals surface area contributed by atoms with E-state index in [1.54, 1.807) is 7.05 Å². The van der Waals surface area contributed by atoms with Gasteiger partial charge in [0.15, 0.2) is 5.96 Å². The molecular formula is C21H27F2IN4O. The van der Waals surface area contributed by atoms with E-state index in [9.17, 15) is 8.78 Å². The van der Waals surface area contributed by atoms with Crippen LogP contribution < -0.4 is 10.6 Å². The first-order chi connectivity index (χ1) is 13.6. The molecule has 0 bridgehead atoms. The number of nitrogens with one attached hydrogen (secondary N) is 2. The fourth-order valence-corrected chi connectivity index (χ4v) is 3.04. The number of guanidine groups is 1. The predicted octanol–water partition coefficient (Wildman–Crippen LogP) is 3.28. The first kappa shape index (κ1) is 23.5. The van der Waals surface area contributed by atoms with Gasteiger partial charge in [-0.15, -0.1) is 24.0 Å². The standard InChI is InChI=1S/C21H26F2N4O.HI/c1-24-21(26-14-18-12-19(22)6-7-20(18)23)25-13-16-2-4-17(5-3-16)15-27-8-10-28-11-9-27;/h2-7,12H,8-11,13-15H2,1H3,(H2,24,25,26);1H. The molecule has 0 aromatic heterocycles. The minimum atomic E-state index is -0.460. The van der Waals surface area contributed by atoms with Crippen molar-refractivity contribution in [3.8, 4) is 0 Å². The molecule has 0 unspecified atom stereocenters. The number of rotatable bonds is 6. The van der Waals surface area contributed by atoms with Crippen molar-refractivity contribution in [2.24, 2.45) is 4.99 Å². The van der Waals surface area contributed by atoms with Gasteiger partial charge in [-0.05, 0) is 29.3 Å². The average Bonchev–Trinajstić information content (AvgIpc) is 2.72. The minimum absolute atomic E-state index is 0. The number of ether oxygens (including phenoxy) is 1. The van der Waals surface area contributed by atoms with Crippen molar-refractivity contribution in [1.29, 1.82) is 0 Å². The first-order valence-electron chi connectivity index (χ1n) is 9.40. The van der Waals surface area contributed by atoms with E-state index >= 15 is 0 Å². The Labute approximate surface area is 187 Å². The van der Waals surface area contributed by atoms with Gasteiger partial charge in [-0.1, -0.05) is 24.3 Å². The van der Waals surface area contributed by atoms with Gasteiger partial charge in [0.1, 0.15) is 11.6 Å². The third-order valence-electron chi connectivity index (χ3n) is 4.67. The molecule has 2 aromatic rings. The second-order valence-corrected chi connectivity index (χ2v) is 6.72. The lowest BCUT2D eigenvalue weighted by Crippen LogP contribution is -2.36. The molecule has 158 valence electrons. The van der Waals surface area contributed by atoms with Crippen LogP contribution in [0, 0.1) is 11.6 Å². The molecule has 29 heavy (non-hydrogen) atoms. The molecule has 0 spiro atoms. The zero-order chi connectivity index (χ0) is 19.8. The van der Waals surface area contributed by atoms with Crippen LogP contribution in [-0.4, -0.2) is 44.2 Å². The van der Waals surface area contributed by atoms with Crippen molar-refractivity contribution < 1.29 is 13.5 Å². The molecule has 0 saturated carbocycles. The van der Waals surface area contributed by atoms with E-state index < -0.39 is 11.6 Å². The van der Waals surface area contributed by atoms with Crippen LogP contribution in [0.4, 0.5) is 8.78 Å². The Morgan fingerprint density at radius 1 is 1.00 bits per heavy atom. The molecule has 0 aliphatic carbocycles. The predicted molar refractivity (Wildman–Crippen MR) is 121 cm³/mol. The smallest absolute Gasteiger partial charge is 0.191 e. The quantitative estimate of drug-likeness (QED) is 0.352. The maximum atomic E-state index is 13.7. The molecule has 1 heterocycles. The Hall–Kier alpha value is -1.78. The third kappa shape index (κ3) is 7.52. The van der Waals surface area contributed by atoms with Crippen LogP contribution in [-0.2, 0) is 24.4 Å². The molecule has 2 N–H and O–H groups in total. The lowest BCUT2D eigenvalue weighted by molar-refractivity contribution is 0.0342. The molecule has 0 amide bonds. The largest absolute Gasteiger partial charge is 0.379 e. The summed E-state index contributed by atoms with van der Waals surface area (Å²) in [6.07, 6.45) is 0. The molecule has 5 nitrogen and oxygen atoms in total. The van der Waals surface area contributed by atoms with E-state index in [-0.39, 0.29) is 36.1 Å². The normalized spacial score (nSPS) is 14.9. The van der Waals surface area contributed by atoms with Crippen LogP contribution in [0.25, 0.3) is 0 Å². The zero-order valence-corrected chi connectivity index (χ0v) is 18.8. The summed E-state index contributed by atoms with van der Waals surface area (Å²) in [5.74, 6) is -0.375.